The van der Waals surface area contributed by atoms with E-state index in [4.69, 9.17) is 5.11 Å². The van der Waals surface area contributed by atoms with Crippen molar-refractivity contribution < 1.29 is 19.4 Å². The molecule has 0 aliphatic rings. The molecular weight excluding hydrogens is 186 g/mol. The normalized spacial score (nSPS) is 12.6. The van der Waals surface area contributed by atoms with Gasteiger partial charge in [-0.1, -0.05) is 13.8 Å². The average Bonchev–Trinajstić information content (AvgIpc) is 2.10. The molecule has 14 heavy (non-hydrogen) atoms. The van der Waals surface area contributed by atoms with Crippen LogP contribution in [0.15, 0.2) is 0 Å². The highest BCUT2D eigenvalue weighted by atomic mass is 16.5. The molecule has 0 aromatic heterocycles. The highest BCUT2D eigenvalue weighted by Gasteiger charge is 2.20. The number of ether oxygens (including phenoxy) is 1. The Morgan fingerprint density at radius 3 is 2.36 bits per heavy atom. The third kappa shape index (κ3) is 4.81. The van der Waals surface area contributed by atoms with Crippen LogP contribution >= 0.6 is 0 Å². The second-order valence-electron chi connectivity index (χ2n) is 3.34. The summed E-state index contributed by atoms with van der Waals surface area (Å²) >= 11 is 0. The summed E-state index contributed by atoms with van der Waals surface area (Å²) in [6.07, 6.45) is 0.188. The fraction of sp³-hybridized carbons (Fsp3) is 0.778. The molecule has 1 unspecified atom stereocenters. The molecular formula is C9H17NO4. The molecule has 1 atom stereocenters. The van der Waals surface area contributed by atoms with Crippen molar-refractivity contribution in [2.75, 3.05) is 13.7 Å². The van der Waals surface area contributed by atoms with E-state index in [0.29, 0.717) is 6.54 Å². The van der Waals surface area contributed by atoms with Crippen LogP contribution < -0.4 is 5.32 Å². The number of carbonyl (C=O) groups excluding carboxylic acids is 1. The molecule has 0 aromatic rings. The average molecular weight is 203 g/mol. The fourth-order valence-corrected chi connectivity index (χ4v) is 1.04. The number of hydrogen-bond donors (Lipinski definition) is 2. The molecule has 0 amide bonds. The lowest BCUT2D eigenvalue weighted by atomic mass is 10.0. The summed E-state index contributed by atoms with van der Waals surface area (Å²) in [4.78, 5) is 21.4. The van der Waals surface area contributed by atoms with E-state index in [1.54, 1.807) is 0 Å². The lowest BCUT2D eigenvalue weighted by Crippen LogP contribution is -2.41. The predicted molar refractivity (Wildman–Crippen MR) is 50.9 cm³/mol. The van der Waals surface area contributed by atoms with Crippen molar-refractivity contribution in [2.45, 2.75) is 26.3 Å². The summed E-state index contributed by atoms with van der Waals surface area (Å²) in [5.74, 6) is -1.25. The van der Waals surface area contributed by atoms with Gasteiger partial charge in [-0.3, -0.25) is 9.59 Å². The van der Waals surface area contributed by atoms with Gasteiger partial charge in [0.2, 0.25) is 0 Å². The van der Waals surface area contributed by atoms with E-state index in [2.05, 4.69) is 10.1 Å². The lowest BCUT2D eigenvalue weighted by Gasteiger charge is -2.17. The van der Waals surface area contributed by atoms with Gasteiger partial charge in [-0.25, -0.2) is 0 Å². The zero-order chi connectivity index (χ0) is 11.1. The van der Waals surface area contributed by atoms with Gasteiger partial charge in [0.15, 0.2) is 0 Å². The van der Waals surface area contributed by atoms with Crippen LogP contribution in [-0.2, 0) is 14.3 Å². The van der Waals surface area contributed by atoms with E-state index >= 15 is 0 Å². The number of carbonyl (C=O) groups is 2. The van der Waals surface area contributed by atoms with E-state index in [9.17, 15) is 9.59 Å². The number of rotatable bonds is 6. The van der Waals surface area contributed by atoms with Crippen molar-refractivity contribution in [2.24, 2.45) is 5.92 Å². The monoisotopic (exact) mass is 203 g/mol. The molecule has 0 aliphatic heterocycles. The minimum atomic E-state index is -0.898. The fourth-order valence-electron chi connectivity index (χ4n) is 1.04. The number of carboxylic acid groups (broad SMARTS) is 1. The molecule has 5 heteroatoms. The van der Waals surface area contributed by atoms with Gasteiger partial charge < -0.3 is 15.2 Å². The number of nitrogens with one attached hydrogen (secondary N) is 1. The van der Waals surface area contributed by atoms with E-state index in [1.807, 2.05) is 13.8 Å². The molecule has 0 aromatic carbocycles. The Kier molecular flexibility index (Phi) is 5.87. The molecule has 0 aliphatic carbocycles. The first-order valence-corrected chi connectivity index (χ1v) is 4.52. The Bertz CT molecular complexity index is 203. The third-order valence-electron chi connectivity index (χ3n) is 1.85. The van der Waals surface area contributed by atoms with Crippen LogP contribution in [0.1, 0.15) is 20.3 Å². The third-order valence-corrected chi connectivity index (χ3v) is 1.85. The topological polar surface area (TPSA) is 75.6 Å². The van der Waals surface area contributed by atoms with Crippen molar-refractivity contribution in [1.29, 1.82) is 0 Å². The van der Waals surface area contributed by atoms with Crippen molar-refractivity contribution in [3.8, 4) is 0 Å². The standard InChI is InChI=1S/C9H17NO4/c1-6(2)8(9(12)13)10-5-4-7(11)14-3/h6,8,10H,4-5H2,1-3H3,(H,12,13). The van der Waals surface area contributed by atoms with Crippen LogP contribution in [0.5, 0.6) is 0 Å². The number of methoxy groups -OCH3 is 1. The smallest absolute Gasteiger partial charge is 0.320 e. The van der Waals surface area contributed by atoms with Crippen LogP contribution in [0.3, 0.4) is 0 Å². The molecule has 0 saturated heterocycles. The molecule has 0 bridgehead atoms. The predicted octanol–water partition coefficient (Wildman–Crippen LogP) is 0.248. The Labute approximate surface area is 83.4 Å². The molecule has 0 spiro atoms. The second-order valence-corrected chi connectivity index (χ2v) is 3.34. The first-order chi connectivity index (χ1) is 6.49. The molecule has 0 rings (SSSR count). The maximum Gasteiger partial charge on any atom is 0.320 e. The summed E-state index contributed by atoms with van der Waals surface area (Å²) in [6, 6.07) is -0.611. The molecule has 0 saturated carbocycles. The van der Waals surface area contributed by atoms with Gasteiger partial charge in [-0.2, -0.15) is 0 Å². The van der Waals surface area contributed by atoms with E-state index in [1.165, 1.54) is 7.11 Å². The maximum absolute atomic E-state index is 10.7. The van der Waals surface area contributed by atoms with Gasteiger partial charge in [0.05, 0.1) is 13.5 Å². The minimum absolute atomic E-state index is 0.00912. The summed E-state index contributed by atoms with van der Waals surface area (Å²) in [5, 5.41) is 11.6. The molecule has 2 N–H and O–H groups in total. The molecule has 0 fully saturated rings. The maximum atomic E-state index is 10.7. The van der Waals surface area contributed by atoms with Crippen molar-refractivity contribution in [1.82, 2.24) is 5.32 Å². The summed E-state index contributed by atoms with van der Waals surface area (Å²) in [5.41, 5.74) is 0. The summed E-state index contributed by atoms with van der Waals surface area (Å²) < 4.78 is 4.43. The van der Waals surface area contributed by atoms with Crippen molar-refractivity contribution in [3.05, 3.63) is 0 Å². The van der Waals surface area contributed by atoms with Crippen molar-refractivity contribution >= 4 is 11.9 Å². The number of carboxylic acids is 1. The highest BCUT2D eigenvalue weighted by Crippen LogP contribution is 2.01. The van der Waals surface area contributed by atoms with E-state index in [0.717, 1.165) is 0 Å². The van der Waals surface area contributed by atoms with Crippen LogP contribution in [-0.4, -0.2) is 36.7 Å². The Morgan fingerprint density at radius 1 is 1.43 bits per heavy atom. The first kappa shape index (κ1) is 12.9. The van der Waals surface area contributed by atoms with Crippen LogP contribution in [0, 0.1) is 5.92 Å². The summed E-state index contributed by atoms with van der Waals surface area (Å²) in [7, 11) is 1.31. The van der Waals surface area contributed by atoms with Crippen LogP contribution in [0.25, 0.3) is 0 Å². The van der Waals surface area contributed by atoms with Gasteiger partial charge in [0.1, 0.15) is 6.04 Å². The SMILES string of the molecule is COC(=O)CCNC(C(=O)O)C(C)C. The van der Waals surface area contributed by atoms with Gasteiger partial charge in [0, 0.05) is 6.54 Å². The van der Waals surface area contributed by atoms with Gasteiger partial charge >= 0.3 is 11.9 Å². The largest absolute Gasteiger partial charge is 0.480 e. The van der Waals surface area contributed by atoms with Crippen molar-refractivity contribution in [3.63, 3.8) is 0 Å². The zero-order valence-electron chi connectivity index (χ0n) is 8.74. The number of esters is 1. The number of aliphatic carboxylic acids is 1. The van der Waals surface area contributed by atoms with Gasteiger partial charge in [0.25, 0.3) is 0 Å². The quantitative estimate of drug-likeness (QED) is 0.605. The van der Waals surface area contributed by atoms with Gasteiger partial charge in [-0.05, 0) is 5.92 Å². The van der Waals surface area contributed by atoms with E-state index < -0.39 is 12.0 Å². The highest BCUT2D eigenvalue weighted by molar-refractivity contribution is 5.74. The molecule has 82 valence electrons. The van der Waals surface area contributed by atoms with E-state index in [-0.39, 0.29) is 18.3 Å². The second kappa shape index (κ2) is 6.37. The number of hydrogen-bond acceptors (Lipinski definition) is 4. The van der Waals surface area contributed by atoms with Gasteiger partial charge in [-0.15, -0.1) is 0 Å². The van der Waals surface area contributed by atoms with Crippen LogP contribution in [0.2, 0.25) is 0 Å². The minimum Gasteiger partial charge on any atom is -0.480 e. The Balaban J connectivity index is 3.84. The first-order valence-electron chi connectivity index (χ1n) is 4.52. The zero-order valence-corrected chi connectivity index (χ0v) is 8.74. The lowest BCUT2D eigenvalue weighted by molar-refractivity contribution is -0.143. The molecule has 5 nitrogen and oxygen atoms in total. The summed E-state index contributed by atoms with van der Waals surface area (Å²) in [6.45, 7) is 3.94. The Hall–Kier alpha value is -1.10. The molecule has 0 radical (unpaired) electrons. The molecule has 0 heterocycles. The van der Waals surface area contributed by atoms with Crippen LogP contribution in [0.4, 0.5) is 0 Å². The Morgan fingerprint density at radius 2 is 2.00 bits per heavy atom.